The van der Waals surface area contributed by atoms with Crippen LogP contribution in [-0.2, 0) is 4.79 Å². The molecule has 0 aliphatic rings. The molecule has 1 atom stereocenters. The van der Waals surface area contributed by atoms with E-state index in [1.165, 1.54) is 6.34 Å². The predicted molar refractivity (Wildman–Crippen MR) is 47.2 cm³/mol. The van der Waals surface area contributed by atoms with Gasteiger partial charge in [0.15, 0.2) is 0 Å². The van der Waals surface area contributed by atoms with E-state index in [-0.39, 0.29) is 0 Å². The number of carbonyl (C=O) groups is 1. The molecule has 0 aromatic heterocycles. The van der Waals surface area contributed by atoms with Gasteiger partial charge in [-0.25, -0.2) is 16.8 Å². The molecular formula is C5H14N6O2. The standard InChI is InChI=1S/C5H14N6O2/c6-4(5(12)13)1-2-8-9-3-10-11-7/h3-4,8,11H,1-2,6-7H2,(H,9,10)(H,12,13). The SMILES string of the molecule is NNN=CNNCCC(N)C(=O)O. The monoisotopic (exact) mass is 190 g/mol. The van der Waals surface area contributed by atoms with E-state index in [1.54, 1.807) is 0 Å². The van der Waals surface area contributed by atoms with Crippen LogP contribution in [0.5, 0.6) is 0 Å². The molecule has 8 nitrogen and oxygen atoms in total. The maximum Gasteiger partial charge on any atom is 0.320 e. The minimum absolute atomic E-state index is 0.326. The van der Waals surface area contributed by atoms with Crippen LogP contribution in [0, 0.1) is 0 Å². The Morgan fingerprint density at radius 1 is 1.69 bits per heavy atom. The molecule has 0 amide bonds. The van der Waals surface area contributed by atoms with Gasteiger partial charge in [-0.05, 0) is 6.42 Å². The maximum atomic E-state index is 10.2. The first kappa shape index (κ1) is 11.6. The van der Waals surface area contributed by atoms with Crippen LogP contribution in [0.2, 0.25) is 0 Å². The van der Waals surface area contributed by atoms with Crippen molar-refractivity contribution in [1.82, 2.24) is 16.4 Å². The van der Waals surface area contributed by atoms with Crippen LogP contribution in [0.15, 0.2) is 5.10 Å². The van der Waals surface area contributed by atoms with E-state index < -0.39 is 12.0 Å². The highest BCUT2D eigenvalue weighted by Crippen LogP contribution is 1.84. The Balaban J connectivity index is 3.25. The zero-order chi connectivity index (χ0) is 10.1. The largest absolute Gasteiger partial charge is 0.480 e. The van der Waals surface area contributed by atoms with Crippen LogP contribution in [-0.4, -0.2) is 30.0 Å². The fourth-order valence-electron chi connectivity index (χ4n) is 0.539. The third kappa shape index (κ3) is 7.00. The second-order valence-corrected chi connectivity index (χ2v) is 2.19. The van der Waals surface area contributed by atoms with Gasteiger partial charge < -0.3 is 16.3 Å². The lowest BCUT2D eigenvalue weighted by atomic mass is 10.2. The number of rotatable bonds is 7. The lowest BCUT2D eigenvalue weighted by Gasteiger charge is -2.06. The number of carboxylic acids is 1. The average molecular weight is 190 g/mol. The smallest absolute Gasteiger partial charge is 0.320 e. The van der Waals surface area contributed by atoms with Gasteiger partial charge in [0.05, 0.1) is 0 Å². The van der Waals surface area contributed by atoms with Gasteiger partial charge in [-0.3, -0.25) is 4.79 Å². The van der Waals surface area contributed by atoms with Crippen molar-refractivity contribution in [2.75, 3.05) is 6.54 Å². The highest BCUT2D eigenvalue weighted by molar-refractivity contribution is 5.72. The summed E-state index contributed by atoms with van der Waals surface area (Å²) in [6.07, 6.45) is 1.61. The van der Waals surface area contributed by atoms with Crippen LogP contribution in [0.4, 0.5) is 0 Å². The van der Waals surface area contributed by atoms with E-state index in [1.807, 2.05) is 5.53 Å². The summed E-state index contributed by atoms with van der Waals surface area (Å²) in [4.78, 5) is 10.2. The van der Waals surface area contributed by atoms with E-state index in [4.69, 9.17) is 16.7 Å². The molecule has 0 heterocycles. The normalized spacial score (nSPS) is 12.8. The Morgan fingerprint density at radius 3 is 2.92 bits per heavy atom. The van der Waals surface area contributed by atoms with E-state index >= 15 is 0 Å². The van der Waals surface area contributed by atoms with Gasteiger partial charge in [-0.15, -0.1) is 0 Å². The predicted octanol–water partition coefficient (Wildman–Crippen LogP) is -2.71. The van der Waals surface area contributed by atoms with Gasteiger partial charge in [-0.1, -0.05) is 0 Å². The van der Waals surface area contributed by atoms with Crippen LogP contribution in [0.3, 0.4) is 0 Å². The molecule has 0 fully saturated rings. The lowest BCUT2D eigenvalue weighted by molar-refractivity contribution is -0.138. The fourth-order valence-corrected chi connectivity index (χ4v) is 0.539. The molecule has 76 valence electrons. The number of hydrogen-bond acceptors (Lipinski definition) is 6. The quantitative estimate of drug-likeness (QED) is 0.0843. The third-order valence-corrected chi connectivity index (χ3v) is 1.20. The molecule has 0 aliphatic carbocycles. The van der Waals surface area contributed by atoms with Crippen molar-refractivity contribution >= 4 is 12.3 Å². The Labute approximate surface area is 75.3 Å². The van der Waals surface area contributed by atoms with Crippen molar-refractivity contribution in [3.05, 3.63) is 0 Å². The number of hydrazone groups is 1. The first-order valence-electron chi connectivity index (χ1n) is 3.62. The topological polar surface area (TPSA) is 138 Å². The van der Waals surface area contributed by atoms with E-state index in [0.29, 0.717) is 13.0 Å². The number of carboxylic acid groups (broad SMARTS) is 1. The second-order valence-electron chi connectivity index (χ2n) is 2.19. The van der Waals surface area contributed by atoms with Gasteiger partial charge in [0.2, 0.25) is 0 Å². The van der Waals surface area contributed by atoms with Gasteiger partial charge in [0.1, 0.15) is 12.4 Å². The number of hydrogen-bond donors (Lipinski definition) is 6. The summed E-state index contributed by atoms with van der Waals surface area (Å²) in [6, 6.07) is -0.848. The average Bonchev–Trinajstić information content (AvgIpc) is 2.10. The van der Waals surface area contributed by atoms with Crippen molar-refractivity contribution in [2.45, 2.75) is 12.5 Å². The Bertz CT molecular complexity index is 172. The zero-order valence-electron chi connectivity index (χ0n) is 7.03. The molecule has 13 heavy (non-hydrogen) atoms. The maximum absolute atomic E-state index is 10.2. The third-order valence-electron chi connectivity index (χ3n) is 1.20. The Morgan fingerprint density at radius 2 is 2.38 bits per heavy atom. The Kier molecular flexibility index (Phi) is 6.51. The summed E-state index contributed by atoms with van der Waals surface area (Å²) in [5.74, 6) is 3.80. The molecule has 8 heteroatoms. The van der Waals surface area contributed by atoms with Crippen molar-refractivity contribution in [2.24, 2.45) is 16.7 Å². The van der Waals surface area contributed by atoms with Crippen molar-refractivity contribution < 1.29 is 9.90 Å². The van der Waals surface area contributed by atoms with Crippen molar-refractivity contribution in [3.63, 3.8) is 0 Å². The Hall–Kier alpha value is -1.38. The summed E-state index contributed by atoms with van der Waals surface area (Å²) in [5, 5.41) is 11.8. The molecular weight excluding hydrogens is 176 g/mol. The first-order valence-corrected chi connectivity index (χ1v) is 3.62. The first-order chi connectivity index (χ1) is 6.18. The molecule has 8 N–H and O–H groups in total. The molecule has 0 rings (SSSR count). The number of nitrogens with zero attached hydrogens (tertiary/aromatic N) is 1. The number of nitrogens with two attached hydrogens (primary N) is 2. The van der Waals surface area contributed by atoms with Crippen LogP contribution in [0.1, 0.15) is 6.42 Å². The minimum Gasteiger partial charge on any atom is -0.480 e. The molecule has 0 aromatic rings. The highest BCUT2D eigenvalue weighted by atomic mass is 16.4. The molecule has 0 spiro atoms. The van der Waals surface area contributed by atoms with Crippen molar-refractivity contribution in [1.29, 1.82) is 0 Å². The molecule has 0 aliphatic heterocycles. The summed E-state index contributed by atoms with van der Waals surface area (Å²) in [7, 11) is 0. The number of nitrogens with one attached hydrogen (secondary N) is 3. The van der Waals surface area contributed by atoms with Gasteiger partial charge in [-0.2, -0.15) is 5.10 Å². The number of aliphatic carboxylic acids is 1. The minimum atomic E-state index is -1.01. The van der Waals surface area contributed by atoms with Crippen molar-refractivity contribution in [3.8, 4) is 0 Å². The van der Waals surface area contributed by atoms with Crippen LogP contribution >= 0.6 is 0 Å². The van der Waals surface area contributed by atoms with Crippen LogP contribution in [0.25, 0.3) is 0 Å². The molecule has 0 saturated heterocycles. The summed E-state index contributed by atoms with van der Waals surface area (Å²) in [5.41, 5.74) is 12.5. The molecule has 0 saturated carbocycles. The second kappa shape index (κ2) is 7.28. The number of hydrazine groups is 2. The van der Waals surface area contributed by atoms with E-state index in [2.05, 4.69) is 16.0 Å². The van der Waals surface area contributed by atoms with E-state index in [0.717, 1.165) is 0 Å². The molecule has 0 bridgehead atoms. The van der Waals surface area contributed by atoms with Gasteiger partial charge in [0, 0.05) is 6.54 Å². The summed E-state index contributed by atoms with van der Waals surface area (Å²) in [6.45, 7) is 0.421. The summed E-state index contributed by atoms with van der Waals surface area (Å²) >= 11 is 0. The molecule has 0 aromatic carbocycles. The molecule has 1 unspecified atom stereocenters. The lowest BCUT2D eigenvalue weighted by Crippen LogP contribution is -2.38. The van der Waals surface area contributed by atoms with Gasteiger partial charge in [0.25, 0.3) is 0 Å². The summed E-state index contributed by atoms with van der Waals surface area (Å²) < 4.78 is 0. The fraction of sp³-hybridized carbons (Fsp3) is 0.600. The van der Waals surface area contributed by atoms with Crippen LogP contribution < -0.4 is 28.0 Å². The van der Waals surface area contributed by atoms with Gasteiger partial charge >= 0.3 is 5.97 Å². The van der Waals surface area contributed by atoms with E-state index in [9.17, 15) is 4.79 Å². The zero-order valence-corrected chi connectivity index (χ0v) is 7.03. The molecule has 0 radical (unpaired) electrons. The highest BCUT2D eigenvalue weighted by Gasteiger charge is 2.09.